The monoisotopic (exact) mass is 511 g/mol. The molecule has 1 heterocycles. The number of rotatable bonds is 9. The van der Waals surface area contributed by atoms with Gasteiger partial charge in [0.25, 0.3) is 0 Å². The summed E-state index contributed by atoms with van der Waals surface area (Å²) < 4.78 is 56.7. The van der Waals surface area contributed by atoms with E-state index in [1.807, 2.05) is 6.07 Å². The van der Waals surface area contributed by atoms with Gasteiger partial charge in [0.1, 0.15) is 5.75 Å². The summed E-state index contributed by atoms with van der Waals surface area (Å²) in [6, 6.07) is 20.2. The number of benzene rings is 3. The van der Waals surface area contributed by atoms with Crippen LogP contribution in [0.3, 0.4) is 0 Å². The summed E-state index contributed by atoms with van der Waals surface area (Å²) in [5.74, 6) is -1.56. The number of aromatic carboxylic acids is 1. The Morgan fingerprint density at radius 1 is 1.17 bits per heavy atom. The molecule has 2 unspecified atom stereocenters. The Labute approximate surface area is 216 Å². The highest BCUT2D eigenvalue weighted by Crippen LogP contribution is 2.48. The van der Waals surface area contributed by atoms with Gasteiger partial charge in [-0.3, -0.25) is 0 Å². The molecule has 0 radical (unpaired) electrons. The van der Waals surface area contributed by atoms with Crippen molar-refractivity contribution in [3.8, 4) is 5.75 Å². The second-order valence-corrected chi connectivity index (χ2v) is 10.9. The van der Waals surface area contributed by atoms with Gasteiger partial charge in [0.05, 0.1) is 23.3 Å². The largest absolute Gasteiger partial charge is 0.497 e. The highest BCUT2D eigenvalue weighted by Gasteiger charge is 2.48. The van der Waals surface area contributed by atoms with E-state index < -0.39 is 34.1 Å². The Hall–Kier alpha value is -3.20. The number of sulfone groups is 1. The molecule has 7 nitrogen and oxygen atoms in total. The van der Waals surface area contributed by atoms with E-state index in [-0.39, 0.29) is 28.3 Å². The van der Waals surface area contributed by atoms with Gasteiger partial charge >= 0.3 is 5.97 Å². The molecule has 0 aromatic heterocycles. The molecular weight excluding hydrogens is 476 g/mol. The van der Waals surface area contributed by atoms with Crippen LogP contribution in [0.15, 0.2) is 77.7 Å². The van der Waals surface area contributed by atoms with E-state index >= 15 is 0 Å². The van der Waals surface area contributed by atoms with Crippen molar-refractivity contribution < 1.29 is 27.2 Å². The first-order valence-corrected chi connectivity index (χ1v) is 13.4. The average molecular weight is 512 g/mol. The summed E-state index contributed by atoms with van der Waals surface area (Å²) >= 11 is 0. The standard InChI is InChI=1S/C28H32N2O5S/c1-29-17-22-18-30-15-14-28(22,21-10-6-11-23(16-21)35-2)26-24(27(31)32)12-7-13-25(26)36(33,34)19-20-8-4-3-5-9-20/h3-13,16,22,29-30H,14-15,17-19H2,1-2H3,(H,31,32)/i1D3. The molecule has 1 aliphatic heterocycles. The third-order valence-electron chi connectivity index (χ3n) is 6.95. The van der Waals surface area contributed by atoms with Crippen LogP contribution in [0.1, 0.15) is 37.6 Å². The normalized spacial score (nSPS) is 21.7. The lowest BCUT2D eigenvalue weighted by atomic mass is 9.61. The number of hydrogen-bond donors (Lipinski definition) is 3. The molecular formula is C28H32N2O5S. The number of methoxy groups -OCH3 is 1. The van der Waals surface area contributed by atoms with Crippen molar-refractivity contribution >= 4 is 15.8 Å². The SMILES string of the molecule is [2H]C([2H])([2H])NCC1CNCCC1(c1cccc(OC)c1)c1c(C(=O)O)cccc1S(=O)(=O)Cc1ccccc1. The molecule has 8 heteroatoms. The lowest BCUT2D eigenvalue weighted by Crippen LogP contribution is -2.53. The Morgan fingerprint density at radius 3 is 2.67 bits per heavy atom. The fraction of sp³-hybridized carbons (Fsp3) is 0.321. The van der Waals surface area contributed by atoms with Crippen LogP contribution in [0, 0.1) is 5.92 Å². The van der Waals surface area contributed by atoms with Crippen LogP contribution in [0.2, 0.25) is 0 Å². The third kappa shape index (κ3) is 4.89. The molecule has 3 aromatic carbocycles. The number of hydrogen-bond acceptors (Lipinski definition) is 6. The highest BCUT2D eigenvalue weighted by molar-refractivity contribution is 7.90. The predicted octanol–water partition coefficient (Wildman–Crippen LogP) is 3.48. The second-order valence-electron chi connectivity index (χ2n) is 8.96. The van der Waals surface area contributed by atoms with Crippen LogP contribution in [0.4, 0.5) is 0 Å². The van der Waals surface area contributed by atoms with E-state index in [1.54, 1.807) is 48.5 Å². The second kappa shape index (κ2) is 10.8. The zero-order valence-electron chi connectivity index (χ0n) is 23.0. The summed E-state index contributed by atoms with van der Waals surface area (Å²) in [7, 11) is -2.51. The van der Waals surface area contributed by atoms with Crippen molar-refractivity contribution in [2.75, 3.05) is 33.7 Å². The Balaban J connectivity index is 2.03. The van der Waals surface area contributed by atoms with Gasteiger partial charge in [-0.25, -0.2) is 13.2 Å². The summed E-state index contributed by atoms with van der Waals surface area (Å²) in [5, 5.41) is 16.2. The van der Waals surface area contributed by atoms with E-state index in [1.165, 1.54) is 25.3 Å². The molecule has 0 saturated carbocycles. The van der Waals surface area contributed by atoms with Crippen LogP contribution < -0.4 is 15.4 Å². The number of piperidine rings is 1. The van der Waals surface area contributed by atoms with E-state index in [2.05, 4.69) is 10.6 Å². The molecule has 1 fully saturated rings. The highest BCUT2D eigenvalue weighted by atomic mass is 32.2. The van der Waals surface area contributed by atoms with Gasteiger partial charge in [0, 0.05) is 22.6 Å². The van der Waals surface area contributed by atoms with E-state index in [0.29, 0.717) is 36.4 Å². The summed E-state index contributed by atoms with van der Waals surface area (Å²) in [5.41, 5.74) is 0.107. The molecule has 3 aromatic rings. The van der Waals surface area contributed by atoms with Crippen LogP contribution in [-0.4, -0.2) is 53.2 Å². The smallest absolute Gasteiger partial charge is 0.336 e. The fourth-order valence-corrected chi connectivity index (χ4v) is 7.04. The number of carboxylic acid groups (broad SMARTS) is 1. The molecule has 1 saturated heterocycles. The van der Waals surface area contributed by atoms with Crippen molar-refractivity contribution in [2.24, 2.45) is 5.92 Å². The van der Waals surface area contributed by atoms with Gasteiger partial charge in [-0.15, -0.1) is 0 Å². The molecule has 4 rings (SSSR count). The van der Waals surface area contributed by atoms with Gasteiger partial charge in [-0.2, -0.15) is 0 Å². The molecule has 3 N–H and O–H groups in total. The van der Waals surface area contributed by atoms with Gasteiger partial charge in [0.2, 0.25) is 0 Å². The number of nitrogens with one attached hydrogen (secondary N) is 2. The zero-order valence-corrected chi connectivity index (χ0v) is 20.8. The number of carbonyl (C=O) groups is 1. The molecule has 0 amide bonds. The Bertz CT molecular complexity index is 1430. The zero-order chi connectivity index (χ0) is 28.3. The third-order valence-corrected chi connectivity index (χ3v) is 8.68. The quantitative estimate of drug-likeness (QED) is 0.404. The fourth-order valence-electron chi connectivity index (χ4n) is 5.36. The van der Waals surface area contributed by atoms with E-state index in [0.717, 1.165) is 0 Å². The maximum atomic E-state index is 14.0. The van der Waals surface area contributed by atoms with Gasteiger partial charge in [0.15, 0.2) is 9.84 Å². The minimum absolute atomic E-state index is 0.00711. The van der Waals surface area contributed by atoms with Crippen molar-refractivity contribution in [1.82, 2.24) is 10.6 Å². The lowest BCUT2D eigenvalue weighted by molar-refractivity contribution is 0.0691. The summed E-state index contributed by atoms with van der Waals surface area (Å²) in [6.07, 6.45) is 0.339. The molecule has 0 aliphatic carbocycles. The molecule has 2 atom stereocenters. The van der Waals surface area contributed by atoms with Gasteiger partial charge in [-0.05, 0) is 66.8 Å². The maximum absolute atomic E-state index is 14.0. The molecule has 190 valence electrons. The molecule has 0 bridgehead atoms. The van der Waals surface area contributed by atoms with Gasteiger partial charge in [-0.1, -0.05) is 48.5 Å². The lowest BCUT2D eigenvalue weighted by Gasteiger charge is -2.47. The van der Waals surface area contributed by atoms with Crippen LogP contribution in [-0.2, 0) is 21.0 Å². The van der Waals surface area contributed by atoms with Crippen molar-refractivity contribution in [2.45, 2.75) is 22.5 Å². The first-order valence-electron chi connectivity index (χ1n) is 13.2. The molecule has 36 heavy (non-hydrogen) atoms. The predicted molar refractivity (Wildman–Crippen MR) is 139 cm³/mol. The van der Waals surface area contributed by atoms with E-state index in [4.69, 9.17) is 8.85 Å². The van der Waals surface area contributed by atoms with Crippen molar-refractivity contribution in [3.05, 3.63) is 95.1 Å². The van der Waals surface area contributed by atoms with Crippen LogP contribution in [0.5, 0.6) is 5.75 Å². The topological polar surface area (TPSA) is 105 Å². The van der Waals surface area contributed by atoms with Crippen LogP contribution >= 0.6 is 0 Å². The maximum Gasteiger partial charge on any atom is 0.336 e. The average Bonchev–Trinajstić information content (AvgIpc) is 2.91. The summed E-state index contributed by atoms with van der Waals surface area (Å²) in [4.78, 5) is 12.6. The first kappa shape index (κ1) is 22.0. The Kier molecular flexibility index (Phi) is 6.62. The Morgan fingerprint density at radius 2 is 1.94 bits per heavy atom. The first-order chi connectivity index (χ1) is 18.5. The minimum atomic E-state index is -4.02. The minimum Gasteiger partial charge on any atom is -0.497 e. The van der Waals surface area contributed by atoms with Crippen LogP contribution in [0.25, 0.3) is 0 Å². The molecule has 0 spiro atoms. The van der Waals surface area contributed by atoms with Gasteiger partial charge < -0.3 is 20.5 Å². The number of ether oxygens (including phenoxy) is 1. The van der Waals surface area contributed by atoms with E-state index in [9.17, 15) is 18.3 Å². The number of carboxylic acids is 1. The summed E-state index contributed by atoms with van der Waals surface area (Å²) in [6.45, 7) is -1.64. The van der Waals surface area contributed by atoms with Crippen molar-refractivity contribution in [3.63, 3.8) is 0 Å². The van der Waals surface area contributed by atoms with Crippen molar-refractivity contribution in [1.29, 1.82) is 0 Å². The molecule has 1 aliphatic rings.